The van der Waals surface area contributed by atoms with Gasteiger partial charge in [-0.15, -0.1) is 11.3 Å². The zero-order chi connectivity index (χ0) is 36.3. The Balaban J connectivity index is 1.10. The monoisotopic (exact) mass is 710 g/mol. The second-order valence-corrected chi connectivity index (χ2v) is 17.3. The van der Waals surface area contributed by atoms with Gasteiger partial charge in [0.25, 0.3) is 5.91 Å². The number of aliphatic carboxylic acids is 1. The van der Waals surface area contributed by atoms with Gasteiger partial charge in [-0.05, 0) is 85.5 Å². The fourth-order valence-corrected chi connectivity index (χ4v) is 9.26. The van der Waals surface area contributed by atoms with Gasteiger partial charge in [0.2, 0.25) is 5.91 Å². The molecule has 0 spiro atoms. The number of nitrogens with one attached hydrogen (secondary N) is 1. The van der Waals surface area contributed by atoms with Crippen LogP contribution in [0.15, 0.2) is 54.4 Å². The lowest BCUT2D eigenvalue weighted by atomic mass is 9.69. The molecule has 8 nitrogen and oxygen atoms in total. The van der Waals surface area contributed by atoms with E-state index in [-0.39, 0.29) is 36.7 Å². The van der Waals surface area contributed by atoms with Crippen LogP contribution in [0.1, 0.15) is 118 Å². The summed E-state index contributed by atoms with van der Waals surface area (Å²) in [5.41, 5.74) is 5.68. The number of allylic oxidation sites excluding steroid dienone is 2. The molecule has 2 atom stereocenters. The molecular weight excluding hydrogens is 657 g/mol. The minimum absolute atomic E-state index is 0.0873. The van der Waals surface area contributed by atoms with Crippen molar-refractivity contribution >= 4 is 34.7 Å². The number of hydrogen-bond donors (Lipinski definition) is 2. The summed E-state index contributed by atoms with van der Waals surface area (Å²) in [7, 11) is 0. The first-order valence-corrected chi connectivity index (χ1v) is 19.7. The van der Waals surface area contributed by atoms with Gasteiger partial charge in [0.1, 0.15) is 6.04 Å². The summed E-state index contributed by atoms with van der Waals surface area (Å²) in [6.45, 7) is 11.2. The van der Waals surface area contributed by atoms with Crippen molar-refractivity contribution in [2.75, 3.05) is 13.1 Å². The molecule has 2 unspecified atom stereocenters. The summed E-state index contributed by atoms with van der Waals surface area (Å²) in [5.74, 6) is 1.23. The quantitative estimate of drug-likeness (QED) is 0.206. The van der Waals surface area contributed by atoms with Gasteiger partial charge in [0, 0.05) is 47.9 Å². The number of benzene rings is 1. The molecule has 9 heteroatoms. The number of thiophene rings is 1. The molecule has 3 aliphatic rings. The summed E-state index contributed by atoms with van der Waals surface area (Å²) < 4.78 is 0. The van der Waals surface area contributed by atoms with Crippen LogP contribution in [0.3, 0.4) is 0 Å². The molecule has 2 aromatic heterocycles. The van der Waals surface area contributed by atoms with Crippen LogP contribution in [0.4, 0.5) is 0 Å². The van der Waals surface area contributed by atoms with Crippen molar-refractivity contribution < 1.29 is 19.5 Å². The number of rotatable bonds is 11. The van der Waals surface area contributed by atoms with Crippen molar-refractivity contribution in [3.63, 3.8) is 0 Å². The molecule has 3 aromatic rings. The zero-order valence-electron chi connectivity index (χ0n) is 30.9. The van der Waals surface area contributed by atoms with Crippen LogP contribution in [0.5, 0.6) is 0 Å². The minimum Gasteiger partial charge on any atom is -0.481 e. The van der Waals surface area contributed by atoms with E-state index in [0.29, 0.717) is 10.7 Å². The average molecular weight is 711 g/mol. The Bertz CT molecular complexity index is 1730. The third kappa shape index (κ3) is 8.79. The Hall–Kier alpha value is -3.85. The Morgan fingerprint density at radius 3 is 2.22 bits per heavy atom. The average Bonchev–Trinajstić information content (AvgIpc) is 3.60. The lowest BCUT2D eigenvalue weighted by Crippen LogP contribution is -2.59. The Morgan fingerprint density at radius 1 is 0.941 bits per heavy atom. The molecule has 2 N–H and O–H groups in total. The fraction of sp³-hybridized carbons (Fsp3) is 0.548. The lowest BCUT2D eigenvalue weighted by Gasteiger charge is -2.38. The molecule has 3 heterocycles. The minimum atomic E-state index is -0.909. The number of carbonyl (C=O) groups is 3. The van der Waals surface area contributed by atoms with E-state index < -0.39 is 17.9 Å². The maximum atomic E-state index is 13.5. The summed E-state index contributed by atoms with van der Waals surface area (Å²) >= 11 is 1.43. The summed E-state index contributed by atoms with van der Waals surface area (Å²) in [6, 6.07) is 10.7. The molecule has 6 rings (SSSR count). The van der Waals surface area contributed by atoms with Gasteiger partial charge < -0.3 is 15.3 Å². The predicted octanol–water partition coefficient (Wildman–Crippen LogP) is 8.57. The van der Waals surface area contributed by atoms with E-state index in [9.17, 15) is 19.5 Å². The van der Waals surface area contributed by atoms with Crippen LogP contribution in [0.25, 0.3) is 17.0 Å². The number of nitrogens with zero attached hydrogens (tertiary/aromatic N) is 3. The molecular formula is C42H54N4O4S. The molecule has 2 fully saturated rings. The van der Waals surface area contributed by atoms with Crippen molar-refractivity contribution in [2.24, 2.45) is 23.7 Å². The highest BCUT2D eigenvalue weighted by Crippen LogP contribution is 2.44. The second-order valence-electron chi connectivity index (χ2n) is 16.2. The van der Waals surface area contributed by atoms with E-state index in [0.717, 1.165) is 45.7 Å². The maximum Gasteiger partial charge on any atom is 0.310 e. The van der Waals surface area contributed by atoms with Crippen molar-refractivity contribution in [1.82, 2.24) is 20.2 Å². The fourth-order valence-electron chi connectivity index (χ4n) is 8.30. The van der Waals surface area contributed by atoms with E-state index in [1.54, 1.807) is 6.07 Å². The number of hydrogen-bond acceptors (Lipinski definition) is 6. The molecule has 1 aliphatic heterocycles. The van der Waals surface area contributed by atoms with Crippen LogP contribution in [0.2, 0.25) is 0 Å². The van der Waals surface area contributed by atoms with Gasteiger partial charge in [0.05, 0.1) is 10.8 Å². The van der Waals surface area contributed by atoms with E-state index in [4.69, 9.17) is 9.97 Å². The van der Waals surface area contributed by atoms with Crippen molar-refractivity contribution in [2.45, 2.75) is 110 Å². The Morgan fingerprint density at radius 2 is 1.63 bits per heavy atom. The zero-order valence-corrected chi connectivity index (χ0v) is 31.7. The summed E-state index contributed by atoms with van der Waals surface area (Å²) in [5, 5.41) is 12.3. The number of aromatic nitrogens is 2. The molecule has 51 heavy (non-hydrogen) atoms. The number of carboxylic acids is 1. The van der Waals surface area contributed by atoms with Crippen LogP contribution in [-0.4, -0.2) is 56.9 Å². The predicted molar refractivity (Wildman–Crippen MR) is 203 cm³/mol. The number of likely N-dealkylation sites (tertiary alicyclic amines) is 1. The van der Waals surface area contributed by atoms with E-state index in [1.807, 2.05) is 42.7 Å². The van der Waals surface area contributed by atoms with Gasteiger partial charge in [-0.1, -0.05) is 83.2 Å². The number of carbonyl (C=O) groups excluding carboxylic acids is 2. The maximum absolute atomic E-state index is 13.5. The van der Waals surface area contributed by atoms with Gasteiger partial charge in [-0.25, -0.2) is 9.97 Å². The topological polar surface area (TPSA) is 112 Å². The second kappa shape index (κ2) is 15.8. The summed E-state index contributed by atoms with van der Waals surface area (Å²) in [6.07, 6.45) is 16.1. The van der Waals surface area contributed by atoms with Crippen molar-refractivity contribution in [3.8, 4) is 11.4 Å². The molecule has 1 aromatic carbocycles. The summed E-state index contributed by atoms with van der Waals surface area (Å²) in [4.78, 5) is 50.9. The van der Waals surface area contributed by atoms with Gasteiger partial charge in [-0.3, -0.25) is 14.4 Å². The van der Waals surface area contributed by atoms with Gasteiger partial charge in [-0.2, -0.15) is 0 Å². The standard InChI is InChI=1S/C42H54N4O4S/c1-6-7-27-8-12-29(13-9-27)31-16-17-34(26(2)20-31)32-22-43-38(44-23-32)30-14-10-28(11-15-30)21-35(40(48)46-24-33(25-46)41(49)50)45-39(47)36-18-19-37(51-36)42(3,4)5/h10-11,14-15,18-19,22-23,27,29,31,33,35H,6-9,12-13,16-17,20-21,24-25H2,1-5H3,(H,45,47)(H,49,50)/t27-,29-,31?,35?. The smallest absolute Gasteiger partial charge is 0.310 e. The van der Waals surface area contributed by atoms with Crippen LogP contribution >= 0.6 is 11.3 Å². The van der Waals surface area contributed by atoms with E-state index in [1.165, 1.54) is 78.7 Å². The Labute approximate surface area is 307 Å². The van der Waals surface area contributed by atoms with Gasteiger partial charge in [0.15, 0.2) is 5.82 Å². The molecule has 1 saturated heterocycles. The highest BCUT2D eigenvalue weighted by atomic mass is 32.1. The number of carboxylic acid groups (broad SMARTS) is 1. The molecule has 0 bridgehead atoms. The van der Waals surface area contributed by atoms with Crippen molar-refractivity contribution in [3.05, 3.63) is 75.2 Å². The molecule has 2 aliphatic carbocycles. The first kappa shape index (κ1) is 36.9. The molecule has 272 valence electrons. The third-order valence-electron chi connectivity index (χ3n) is 11.5. The number of amides is 2. The SMILES string of the molecule is CCC[C@H]1CC[C@H](C2CCC(c3cnc(-c4ccc(CC(NC(=O)c5ccc(C(C)(C)C)s5)C(=O)N5CC(C(=O)O)C5)cc4)nc3)=C(C)C2)CC1. The first-order valence-electron chi connectivity index (χ1n) is 18.9. The van der Waals surface area contributed by atoms with E-state index >= 15 is 0 Å². The van der Waals surface area contributed by atoms with Gasteiger partial charge >= 0.3 is 5.97 Å². The van der Waals surface area contributed by atoms with Crippen molar-refractivity contribution in [1.29, 1.82) is 0 Å². The van der Waals surface area contributed by atoms with E-state index in [2.05, 4.69) is 39.9 Å². The normalized spacial score (nSPS) is 22.0. The highest BCUT2D eigenvalue weighted by molar-refractivity contribution is 7.14. The van der Waals surface area contributed by atoms with Crippen LogP contribution in [-0.2, 0) is 21.4 Å². The molecule has 2 amide bonds. The van der Waals surface area contributed by atoms with Crippen LogP contribution < -0.4 is 5.32 Å². The van der Waals surface area contributed by atoms with Crippen LogP contribution in [0, 0.1) is 23.7 Å². The Kier molecular flexibility index (Phi) is 11.4. The highest BCUT2D eigenvalue weighted by Gasteiger charge is 2.39. The first-order chi connectivity index (χ1) is 24.4. The molecule has 1 saturated carbocycles. The largest absolute Gasteiger partial charge is 0.481 e. The lowest BCUT2D eigenvalue weighted by molar-refractivity contribution is -0.153. The third-order valence-corrected chi connectivity index (χ3v) is 13.0. The molecule has 0 radical (unpaired) electrons.